The normalized spacial score (nSPS) is 11.5. The van der Waals surface area contributed by atoms with Gasteiger partial charge in [0.1, 0.15) is 0 Å². The summed E-state index contributed by atoms with van der Waals surface area (Å²) in [7, 11) is 4.34. The number of rotatable bonds is 8. The lowest BCUT2D eigenvalue weighted by Gasteiger charge is -2.18. The SMILES string of the molecule is COc1cc(C(=O)NC(CC(=O)O)c2ccc(OC)c(OC)c2)on1. The van der Waals surface area contributed by atoms with Gasteiger partial charge in [-0.2, -0.15) is 0 Å². The van der Waals surface area contributed by atoms with Crippen molar-refractivity contribution in [3.63, 3.8) is 0 Å². The van der Waals surface area contributed by atoms with Crippen molar-refractivity contribution in [2.45, 2.75) is 12.5 Å². The monoisotopic (exact) mass is 350 g/mol. The van der Waals surface area contributed by atoms with Crippen LogP contribution in [0.15, 0.2) is 28.8 Å². The molecule has 0 saturated heterocycles. The number of nitrogens with zero attached hydrogens (tertiary/aromatic N) is 1. The number of aliphatic carboxylic acids is 1. The lowest BCUT2D eigenvalue weighted by atomic mass is 10.0. The molecule has 1 aromatic heterocycles. The lowest BCUT2D eigenvalue weighted by molar-refractivity contribution is -0.137. The second kappa shape index (κ2) is 8.04. The third-order valence-corrected chi connectivity index (χ3v) is 3.42. The average Bonchev–Trinajstić information content (AvgIpc) is 3.09. The molecule has 2 aromatic rings. The van der Waals surface area contributed by atoms with Crippen molar-refractivity contribution in [2.75, 3.05) is 21.3 Å². The molecular weight excluding hydrogens is 332 g/mol. The lowest BCUT2D eigenvalue weighted by Crippen LogP contribution is -2.30. The molecule has 0 radical (unpaired) electrons. The van der Waals surface area contributed by atoms with E-state index >= 15 is 0 Å². The standard InChI is InChI=1S/C16H18N2O7/c1-22-11-5-4-9(6-12(11)23-2)10(7-15(19)20)17-16(21)13-8-14(24-3)18-25-13/h4-6,8,10H,7H2,1-3H3,(H,17,21)(H,19,20). The van der Waals surface area contributed by atoms with Crippen molar-refractivity contribution in [1.29, 1.82) is 0 Å². The fourth-order valence-electron chi connectivity index (χ4n) is 2.19. The van der Waals surface area contributed by atoms with Crippen LogP contribution in [-0.4, -0.2) is 43.5 Å². The first-order chi connectivity index (χ1) is 12.0. The summed E-state index contributed by atoms with van der Waals surface area (Å²) >= 11 is 0. The van der Waals surface area contributed by atoms with Gasteiger partial charge in [-0.1, -0.05) is 6.07 Å². The smallest absolute Gasteiger partial charge is 0.305 e. The van der Waals surface area contributed by atoms with E-state index in [4.69, 9.17) is 23.8 Å². The first kappa shape index (κ1) is 18.1. The summed E-state index contributed by atoms with van der Waals surface area (Å²) in [6.07, 6.45) is -0.327. The highest BCUT2D eigenvalue weighted by Gasteiger charge is 2.23. The summed E-state index contributed by atoms with van der Waals surface area (Å²) in [6.45, 7) is 0. The highest BCUT2D eigenvalue weighted by molar-refractivity contribution is 5.92. The van der Waals surface area contributed by atoms with Gasteiger partial charge in [0.05, 0.1) is 39.9 Å². The molecule has 2 N–H and O–H groups in total. The Kier molecular flexibility index (Phi) is 5.83. The zero-order valence-corrected chi connectivity index (χ0v) is 13.9. The minimum atomic E-state index is -1.07. The van der Waals surface area contributed by atoms with Crippen LogP contribution in [0.4, 0.5) is 0 Å². The highest BCUT2D eigenvalue weighted by Crippen LogP contribution is 2.31. The molecule has 134 valence electrons. The Morgan fingerprint density at radius 2 is 1.88 bits per heavy atom. The Morgan fingerprint density at radius 1 is 1.16 bits per heavy atom. The van der Waals surface area contributed by atoms with Gasteiger partial charge in [-0.3, -0.25) is 9.59 Å². The van der Waals surface area contributed by atoms with Gasteiger partial charge < -0.3 is 29.2 Å². The van der Waals surface area contributed by atoms with E-state index in [2.05, 4.69) is 10.5 Å². The summed E-state index contributed by atoms with van der Waals surface area (Å²) in [4.78, 5) is 23.4. The molecule has 0 spiro atoms. The first-order valence-corrected chi connectivity index (χ1v) is 7.23. The van der Waals surface area contributed by atoms with Crippen LogP contribution in [0, 0.1) is 0 Å². The molecule has 1 aromatic carbocycles. The molecular formula is C16H18N2O7. The summed E-state index contributed by atoms with van der Waals surface area (Å²) in [6, 6.07) is 5.39. The third-order valence-electron chi connectivity index (χ3n) is 3.42. The van der Waals surface area contributed by atoms with Crippen molar-refractivity contribution in [1.82, 2.24) is 10.5 Å². The number of carboxylic acids is 1. The van der Waals surface area contributed by atoms with E-state index < -0.39 is 17.9 Å². The summed E-state index contributed by atoms with van der Waals surface area (Å²) in [5.74, 6) is -0.719. The van der Waals surface area contributed by atoms with Crippen LogP contribution in [-0.2, 0) is 4.79 Å². The molecule has 1 heterocycles. The van der Waals surface area contributed by atoms with E-state index in [0.717, 1.165) is 0 Å². The average molecular weight is 350 g/mol. The van der Waals surface area contributed by atoms with Gasteiger partial charge >= 0.3 is 5.97 Å². The maximum absolute atomic E-state index is 12.3. The van der Waals surface area contributed by atoms with Crippen LogP contribution in [0.1, 0.15) is 28.6 Å². The van der Waals surface area contributed by atoms with E-state index in [9.17, 15) is 9.59 Å². The zero-order chi connectivity index (χ0) is 18.4. The molecule has 2 rings (SSSR count). The van der Waals surface area contributed by atoms with Crippen molar-refractivity contribution in [3.8, 4) is 17.4 Å². The van der Waals surface area contributed by atoms with E-state index in [0.29, 0.717) is 17.1 Å². The Bertz CT molecular complexity index is 757. The van der Waals surface area contributed by atoms with Crippen molar-refractivity contribution >= 4 is 11.9 Å². The molecule has 25 heavy (non-hydrogen) atoms. The van der Waals surface area contributed by atoms with Gasteiger partial charge in [-0.05, 0) is 22.9 Å². The fourth-order valence-corrected chi connectivity index (χ4v) is 2.19. The summed E-state index contributed by atoms with van der Waals surface area (Å²) < 4.78 is 20.1. The number of hydrogen-bond donors (Lipinski definition) is 2. The number of carbonyl (C=O) groups is 2. The maximum atomic E-state index is 12.3. The van der Waals surface area contributed by atoms with E-state index in [1.807, 2.05) is 0 Å². The molecule has 9 heteroatoms. The second-order valence-corrected chi connectivity index (χ2v) is 4.97. The quantitative estimate of drug-likeness (QED) is 0.737. The predicted molar refractivity (Wildman–Crippen MR) is 85.1 cm³/mol. The van der Waals surface area contributed by atoms with Gasteiger partial charge in [-0.15, -0.1) is 0 Å². The first-order valence-electron chi connectivity index (χ1n) is 7.23. The number of amides is 1. The minimum absolute atomic E-state index is 0.0901. The Morgan fingerprint density at radius 3 is 2.44 bits per heavy atom. The number of carboxylic acid groups (broad SMARTS) is 1. The summed E-state index contributed by atoms with van der Waals surface area (Å²) in [5.41, 5.74) is 0.542. The molecule has 1 amide bonds. The van der Waals surface area contributed by atoms with Crippen molar-refractivity contribution in [2.24, 2.45) is 0 Å². The van der Waals surface area contributed by atoms with Gasteiger partial charge in [0.25, 0.3) is 11.8 Å². The topological polar surface area (TPSA) is 120 Å². The highest BCUT2D eigenvalue weighted by atomic mass is 16.5. The second-order valence-electron chi connectivity index (χ2n) is 4.97. The molecule has 1 unspecified atom stereocenters. The molecule has 1 atom stereocenters. The van der Waals surface area contributed by atoms with Crippen LogP contribution in [0.5, 0.6) is 17.4 Å². The molecule has 0 aliphatic carbocycles. The number of nitrogens with one attached hydrogen (secondary N) is 1. The van der Waals surface area contributed by atoms with Crippen LogP contribution in [0.25, 0.3) is 0 Å². The number of aromatic nitrogens is 1. The van der Waals surface area contributed by atoms with Gasteiger partial charge in [0.15, 0.2) is 11.5 Å². The largest absolute Gasteiger partial charge is 0.493 e. The van der Waals surface area contributed by atoms with Crippen molar-refractivity contribution in [3.05, 3.63) is 35.6 Å². The summed E-state index contributed by atoms with van der Waals surface area (Å²) in [5, 5.41) is 15.3. The molecule has 9 nitrogen and oxygen atoms in total. The molecule has 0 aliphatic rings. The number of benzene rings is 1. The van der Waals surface area contributed by atoms with Gasteiger partial charge in [-0.25, -0.2) is 0 Å². The van der Waals surface area contributed by atoms with Crippen LogP contribution in [0.3, 0.4) is 0 Å². The Labute approximate surface area is 143 Å². The van der Waals surface area contributed by atoms with Crippen LogP contribution >= 0.6 is 0 Å². The molecule has 0 aliphatic heterocycles. The Balaban J connectivity index is 2.26. The minimum Gasteiger partial charge on any atom is -0.493 e. The molecule has 0 saturated carbocycles. The van der Waals surface area contributed by atoms with Gasteiger partial charge in [0, 0.05) is 0 Å². The van der Waals surface area contributed by atoms with Crippen molar-refractivity contribution < 1.29 is 33.4 Å². The van der Waals surface area contributed by atoms with E-state index in [-0.39, 0.29) is 18.1 Å². The fraction of sp³-hybridized carbons (Fsp3) is 0.312. The third kappa shape index (κ3) is 4.40. The van der Waals surface area contributed by atoms with Crippen LogP contribution < -0.4 is 19.5 Å². The Hall–Kier alpha value is -3.23. The van der Waals surface area contributed by atoms with Crippen LogP contribution in [0.2, 0.25) is 0 Å². The number of carbonyl (C=O) groups excluding carboxylic acids is 1. The molecule has 0 fully saturated rings. The van der Waals surface area contributed by atoms with Gasteiger partial charge in [0.2, 0.25) is 5.76 Å². The van der Waals surface area contributed by atoms with E-state index in [1.165, 1.54) is 27.4 Å². The van der Waals surface area contributed by atoms with E-state index in [1.54, 1.807) is 18.2 Å². The number of hydrogen-bond acceptors (Lipinski definition) is 7. The molecule has 0 bridgehead atoms. The number of methoxy groups -OCH3 is 3. The zero-order valence-electron chi connectivity index (χ0n) is 13.9. The predicted octanol–water partition coefficient (Wildman–Crippen LogP) is 1.65. The number of ether oxygens (including phenoxy) is 3. The maximum Gasteiger partial charge on any atom is 0.305 e.